The van der Waals surface area contributed by atoms with E-state index in [-0.39, 0.29) is 5.69 Å². The van der Waals surface area contributed by atoms with Crippen molar-refractivity contribution in [1.29, 1.82) is 0 Å². The van der Waals surface area contributed by atoms with Gasteiger partial charge in [0.25, 0.3) is 0 Å². The first kappa shape index (κ1) is 16.0. The van der Waals surface area contributed by atoms with Crippen molar-refractivity contribution >= 4 is 24.4 Å². The van der Waals surface area contributed by atoms with Gasteiger partial charge in [-0.1, -0.05) is 43.9 Å². The largest absolute Gasteiger partial charge is 0.344 e. The summed E-state index contributed by atoms with van der Waals surface area (Å²) in [7, 11) is 0. The normalized spacial score (nSPS) is 14.8. The molecule has 0 unspecified atom stereocenters. The van der Waals surface area contributed by atoms with Crippen LogP contribution in [0.15, 0.2) is 9.95 Å². The molecule has 1 aromatic rings. The molecule has 1 saturated carbocycles. The van der Waals surface area contributed by atoms with Crippen LogP contribution in [-0.4, -0.2) is 26.3 Å². The average Bonchev–Trinajstić information content (AvgIpc) is 3.21. The van der Waals surface area contributed by atoms with E-state index >= 15 is 0 Å². The van der Waals surface area contributed by atoms with Crippen LogP contribution in [0.1, 0.15) is 63.8 Å². The number of unbranched alkanes of at least 4 members (excludes halogenated alkanes) is 6. The van der Waals surface area contributed by atoms with E-state index in [1.165, 1.54) is 44.9 Å². The molecule has 0 radical (unpaired) electrons. The van der Waals surface area contributed by atoms with Crippen LogP contribution in [0, 0.1) is 0 Å². The number of thioether (sulfide) groups is 1. The molecule has 1 aliphatic rings. The fourth-order valence-electron chi connectivity index (χ4n) is 2.31. The van der Waals surface area contributed by atoms with Crippen molar-refractivity contribution in [2.24, 2.45) is 0 Å². The number of nitrogens with zero attached hydrogens (tertiary/aromatic N) is 2. The van der Waals surface area contributed by atoms with Gasteiger partial charge in [-0.2, -0.15) is 12.6 Å². The Morgan fingerprint density at radius 2 is 1.80 bits per heavy atom. The second-order valence-corrected chi connectivity index (χ2v) is 6.97. The number of H-pyrrole nitrogens is 1. The Bertz CT molecular complexity index is 440. The van der Waals surface area contributed by atoms with Crippen LogP contribution in [0.5, 0.6) is 0 Å². The topological polar surface area (TPSA) is 50.7 Å². The highest BCUT2D eigenvalue weighted by atomic mass is 32.2. The highest BCUT2D eigenvalue weighted by molar-refractivity contribution is 7.99. The molecule has 1 N–H and O–H groups in total. The lowest BCUT2D eigenvalue weighted by molar-refractivity contribution is 0.604. The maximum atomic E-state index is 11.6. The number of rotatable bonds is 11. The van der Waals surface area contributed by atoms with E-state index < -0.39 is 0 Å². The molecule has 114 valence electrons. The van der Waals surface area contributed by atoms with Crippen LogP contribution in [-0.2, 0) is 0 Å². The summed E-state index contributed by atoms with van der Waals surface area (Å²) < 4.78 is 1.84. The van der Waals surface area contributed by atoms with Crippen molar-refractivity contribution in [3.63, 3.8) is 0 Å². The van der Waals surface area contributed by atoms with Gasteiger partial charge in [-0.25, -0.2) is 9.89 Å². The maximum Gasteiger partial charge on any atom is 0.344 e. The second-order valence-electron chi connectivity index (χ2n) is 5.46. The summed E-state index contributed by atoms with van der Waals surface area (Å²) in [5.74, 6) is 2.08. The summed E-state index contributed by atoms with van der Waals surface area (Å²) in [6.45, 7) is 0. The molecule has 1 heterocycles. The van der Waals surface area contributed by atoms with E-state index in [0.717, 1.165) is 29.5 Å². The molecule has 0 saturated heterocycles. The van der Waals surface area contributed by atoms with E-state index in [1.807, 2.05) is 4.57 Å². The zero-order chi connectivity index (χ0) is 14.2. The molecule has 1 aliphatic carbocycles. The molecule has 0 amide bonds. The standard InChI is InChI=1S/C14H25N3OS2/c18-13-15-16-14(17(13)12-8-9-12)20-11-7-5-3-1-2-4-6-10-19/h12,19H,1-11H2,(H,15,18). The summed E-state index contributed by atoms with van der Waals surface area (Å²) in [5, 5.41) is 7.58. The first-order valence-electron chi connectivity index (χ1n) is 7.73. The van der Waals surface area contributed by atoms with Crippen molar-refractivity contribution in [2.75, 3.05) is 11.5 Å². The number of aromatic nitrogens is 3. The first-order chi connectivity index (χ1) is 9.83. The number of hydrogen-bond acceptors (Lipinski definition) is 4. The highest BCUT2D eigenvalue weighted by Gasteiger charge is 2.28. The Kier molecular flexibility index (Phi) is 7.07. The maximum absolute atomic E-state index is 11.6. The van der Waals surface area contributed by atoms with Crippen LogP contribution in [0.25, 0.3) is 0 Å². The summed E-state index contributed by atoms with van der Waals surface area (Å²) >= 11 is 5.94. The number of hydrogen-bond donors (Lipinski definition) is 2. The van der Waals surface area contributed by atoms with Gasteiger partial charge in [-0.3, -0.25) is 4.57 Å². The minimum atomic E-state index is -0.0424. The van der Waals surface area contributed by atoms with Crippen molar-refractivity contribution in [3.8, 4) is 0 Å². The molecule has 1 aromatic heterocycles. The van der Waals surface area contributed by atoms with Gasteiger partial charge in [0, 0.05) is 11.8 Å². The molecule has 0 spiro atoms. The first-order valence-corrected chi connectivity index (χ1v) is 9.35. The van der Waals surface area contributed by atoms with Gasteiger partial charge < -0.3 is 0 Å². The van der Waals surface area contributed by atoms with Crippen molar-refractivity contribution in [2.45, 2.75) is 69.0 Å². The van der Waals surface area contributed by atoms with Crippen molar-refractivity contribution < 1.29 is 0 Å². The van der Waals surface area contributed by atoms with Gasteiger partial charge in [0.05, 0.1) is 0 Å². The van der Waals surface area contributed by atoms with Gasteiger partial charge in [0.15, 0.2) is 5.16 Å². The van der Waals surface area contributed by atoms with E-state index in [2.05, 4.69) is 22.8 Å². The van der Waals surface area contributed by atoms with E-state index in [9.17, 15) is 4.79 Å². The third-order valence-corrected chi connectivity index (χ3v) is 4.97. The smallest absolute Gasteiger partial charge is 0.267 e. The van der Waals surface area contributed by atoms with Gasteiger partial charge in [0.1, 0.15) is 0 Å². The van der Waals surface area contributed by atoms with Gasteiger partial charge in [0.2, 0.25) is 0 Å². The molecule has 6 heteroatoms. The Balaban J connectivity index is 1.54. The molecule has 0 aliphatic heterocycles. The number of aromatic amines is 1. The molecule has 4 nitrogen and oxygen atoms in total. The van der Waals surface area contributed by atoms with Crippen molar-refractivity contribution in [3.05, 3.63) is 10.5 Å². The van der Waals surface area contributed by atoms with Crippen LogP contribution in [0.2, 0.25) is 0 Å². The average molecular weight is 316 g/mol. The molecule has 20 heavy (non-hydrogen) atoms. The zero-order valence-corrected chi connectivity index (χ0v) is 13.7. The van der Waals surface area contributed by atoms with Crippen LogP contribution in [0.4, 0.5) is 0 Å². The molecule has 0 bridgehead atoms. The summed E-state index contributed by atoms with van der Waals surface area (Å²) in [4.78, 5) is 11.6. The lowest BCUT2D eigenvalue weighted by Gasteiger charge is -2.03. The molecule has 0 atom stereocenters. The van der Waals surface area contributed by atoms with E-state index in [4.69, 9.17) is 0 Å². The van der Waals surface area contributed by atoms with Gasteiger partial charge in [-0.05, 0) is 31.4 Å². The molecule has 1 fully saturated rings. The molecule has 0 aromatic carbocycles. The Morgan fingerprint density at radius 1 is 1.15 bits per heavy atom. The van der Waals surface area contributed by atoms with Gasteiger partial charge >= 0.3 is 5.69 Å². The lowest BCUT2D eigenvalue weighted by Crippen LogP contribution is -2.16. The molecular weight excluding hydrogens is 290 g/mol. The van der Waals surface area contributed by atoms with E-state index in [1.54, 1.807) is 11.8 Å². The Labute approximate surface area is 130 Å². The quantitative estimate of drug-likeness (QED) is 0.372. The fourth-order valence-corrected chi connectivity index (χ4v) is 3.54. The Morgan fingerprint density at radius 3 is 2.45 bits per heavy atom. The second kappa shape index (κ2) is 8.82. The van der Waals surface area contributed by atoms with Crippen molar-refractivity contribution in [1.82, 2.24) is 14.8 Å². The predicted molar refractivity (Wildman–Crippen MR) is 88.0 cm³/mol. The lowest BCUT2D eigenvalue weighted by atomic mass is 10.1. The minimum Gasteiger partial charge on any atom is -0.267 e. The summed E-state index contributed by atoms with van der Waals surface area (Å²) in [6.07, 6.45) is 11.3. The number of thiol groups is 1. The summed E-state index contributed by atoms with van der Waals surface area (Å²) in [6, 6.07) is 0.413. The highest BCUT2D eigenvalue weighted by Crippen LogP contribution is 2.36. The fraction of sp³-hybridized carbons (Fsp3) is 0.857. The minimum absolute atomic E-state index is 0.0424. The van der Waals surface area contributed by atoms with E-state index in [0.29, 0.717) is 6.04 Å². The molecule has 2 rings (SSSR count). The predicted octanol–water partition coefficient (Wildman–Crippen LogP) is 3.66. The summed E-state index contributed by atoms with van der Waals surface area (Å²) in [5.41, 5.74) is -0.0424. The van der Waals surface area contributed by atoms with Crippen LogP contribution in [0.3, 0.4) is 0 Å². The third-order valence-electron chi connectivity index (χ3n) is 3.62. The monoisotopic (exact) mass is 315 g/mol. The third kappa shape index (κ3) is 5.20. The van der Waals surface area contributed by atoms with Crippen LogP contribution < -0.4 is 5.69 Å². The number of nitrogens with one attached hydrogen (secondary N) is 1. The van der Waals surface area contributed by atoms with Gasteiger partial charge in [-0.15, -0.1) is 5.10 Å². The molecular formula is C14H25N3OS2. The van der Waals surface area contributed by atoms with Crippen LogP contribution >= 0.6 is 24.4 Å². The Hall–Kier alpha value is -0.360. The zero-order valence-electron chi connectivity index (χ0n) is 12.0. The SMILES string of the molecule is O=c1[nH]nc(SCCCCCCCCCS)n1C1CC1.